The van der Waals surface area contributed by atoms with E-state index in [0.717, 1.165) is 31.7 Å². The van der Waals surface area contributed by atoms with Crippen molar-refractivity contribution in [2.45, 2.75) is 6.54 Å². The van der Waals surface area contributed by atoms with Crippen LogP contribution < -0.4 is 4.74 Å². The van der Waals surface area contributed by atoms with Crippen LogP contribution in [-0.2, 0) is 6.54 Å². The number of carbonyl (C=O) groups excluding carboxylic acids is 1. The molecule has 2 aliphatic rings. The second-order valence-corrected chi connectivity index (χ2v) is 7.13. The maximum atomic E-state index is 12.8. The molecule has 1 fully saturated rings. The van der Waals surface area contributed by atoms with Gasteiger partial charge in [-0.3, -0.25) is 14.6 Å². The molecule has 0 bridgehead atoms. The number of nitrogens with zero attached hydrogens (tertiary/aromatic N) is 2. The predicted octanol–water partition coefficient (Wildman–Crippen LogP) is 2.12. The molecule has 2 N–H and O–H groups in total. The molecule has 2 aromatic carbocycles. The lowest BCUT2D eigenvalue weighted by Gasteiger charge is -2.34. The van der Waals surface area contributed by atoms with Crippen molar-refractivity contribution in [3.63, 3.8) is 0 Å². The van der Waals surface area contributed by atoms with Gasteiger partial charge in [0.1, 0.15) is 11.5 Å². The summed E-state index contributed by atoms with van der Waals surface area (Å²) in [4.78, 5) is 17.2. The number of carbonyl (C=O) groups is 1. The molecule has 0 atom stereocenters. The number of phenolic OH excluding ortho intramolecular Hbond substituents is 1. The van der Waals surface area contributed by atoms with Crippen LogP contribution in [0, 0.1) is 0 Å². The molecular weight excluding hydrogens is 356 g/mol. The number of rotatable bonds is 5. The molecule has 1 saturated heterocycles. The quantitative estimate of drug-likeness (QED) is 0.774. The van der Waals surface area contributed by atoms with Crippen molar-refractivity contribution in [2.75, 3.05) is 39.3 Å². The molecule has 2 aromatic rings. The first-order valence-corrected chi connectivity index (χ1v) is 9.55. The van der Waals surface area contributed by atoms with Crippen molar-refractivity contribution in [3.8, 4) is 11.5 Å². The Morgan fingerprint density at radius 1 is 1.00 bits per heavy atom. The molecular formula is C22H24N2O4. The van der Waals surface area contributed by atoms with Gasteiger partial charge in [0.25, 0.3) is 0 Å². The van der Waals surface area contributed by atoms with Crippen LogP contribution in [0.4, 0.5) is 0 Å². The lowest BCUT2D eigenvalue weighted by atomic mass is 10.0. The van der Waals surface area contributed by atoms with Gasteiger partial charge in [0.2, 0.25) is 5.78 Å². The van der Waals surface area contributed by atoms with Crippen LogP contribution in [0.3, 0.4) is 0 Å². The van der Waals surface area contributed by atoms with Gasteiger partial charge in [0.05, 0.1) is 17.7 Å². The Morgan fingerprint density at radius 2 is 1.71 bits per heavy atom. The summed E-state index contributed by atoms with van der Waals surface area (Å²) in [5.41, 5.74) is 2.04. The van der Waals surface area contributed by atoms with Crippen LogP contribution in [-0.4, -0.2) is 65.1 Å². The van der Waals surface area contributed by atoms with Gasteiger partial charge in [-0.25, -0.2) is 0 Å². The number of aliphatic hydroxyl groups is 1. The SMILES string of the molecule is O=C1C(=Cc2ccccc2)Oc2c1ccc(O)c2CN1CCN(CCO)CC1. The van der Waals surface area contributed by atoms with Crippen LogP contribution >= 0.6 is 0 Å². The van der Waals surface area contributed by atoms with Crippen molar-refractivity contribution in [1.29, 1.82) is 0 Å². The minimum absolute atomic E-state index is 0.144. The highest BCUT2D eigenvalue weighted by atomic mass is 16.5. The van der Waals surface area contributed by atoms with E-state index in [4.69, 9.17) is 9.84 Å². The Hall–Kier alpha value is -2.67. The maximum Gasteiger partial charge on any atom is 0.231 e. The summed E-state index contributed by atoms with van der Waals surface area (Å²) in [6, 6.07) is 12.8. The fraction of sp³-hybridized carbons (Fsp3) is 0.318. The standard InChI is InChI=1S/C22H24N2O4/c25-13-12-23-8-10-24(11-9-23)15-18-19(26)7-6-17-21(27)20(28-22(17)18)14-16-4-2-1-3-5-16/h1-7,14,25-26H,8-13,15H2. The molecule has 0 amide bonds. The summed E-state index contributed by atoms with van der Waals surface area (Å²) < 4.78 is 5.92. The third-order valence-corrected chi connectivity index (χ3v) is 5.28. The topological polar surface area (TPSA) is 73.2 Å². The van der Waals surface area contributed by atoms with Gasteiger partial charge in [0, 0.05) is 39.3 Å². The van der Waals surface area contributed by atoms with E-state index in [-0.39, 0.29) is 23.9 Å². The first kappa shape index (κ1) is 18.7. The summed E-state index contributed by atoms with van der Waals surface area (Å²) >= 11 is 0. The van der Waals surface area contributed by atoms with Crippen molar-refractivity contribution in [2.24, 2.45) is 0 Å². The molecule has 28 heavy (non-hydrogen) atoms. The van der Waals surface area contributed by atoms with Crippen LogP contribution in [0.1, 0.15) is 21.5 Å². The summed E-state index contributed by atoms with van der Waals surface area (Å²) in [6.45, 7) is 4.79. The van der Waals surface area contributed by atoms with E-state index in [1.165, 1.54) is 0 Å². The van der Waals surface area contributed by atoms with Gasteiger partial charge < -0.3 is 14.9 Å². The Labute approximate surface area is 164 Å². The highest BCUT2D eigenvalue weighted by molar-refractivity contribution is 6.15. The number of Topliss-reactive ketones (excluding diaryl/α,β-unsaturated/α-hetero) is 1. The van der Waals surface area contributed by atoms with E-state index in [0.29, 0.717) is 30.0 Å². The minimum atomic E-state index is -0.159. The van der Waals surface area contributed by atoms with Gasteiger partial charge in [-0.1, -0.05) is 30.3 Å². The maximum absolute atomic E-state index is 12.8. The Morgan fingerprint density at radius 3 is 2.43 bits per heavy atom. The number of hydrogen-bond acceptors (Lipinski definition) is 6. The van der Waals surface area contributed by atoms with Crippen molar-refractivity contribution >= 4 is 11.9 Å². The second-order valence-electron chi connectivity index (χ2n) is 7.13. The lowest BCUT2D eigenvalue weighted by Crippen LogP contribution is -2.46. The number of aliphatic hydroxyl groups excluding tert-OH is 1. The van der Waals surface area contributed by atoms with Crippen LogP contribution in [0.5, 0.6) is 11.5 Å². The number of benzene rings is 2. The number of piperazine rings is 1. The van der Waals surface area contributed by atoms with Crippen molar-refractivity contribution < 1.29 is 19.7 Å². The highest BCUT2D eigenvalue weighted by Crippen LogP contribution is 2.40. The van der Waals surface area contributed by atoms with E-state index in [9.17, 15) is 9.90 Å². The highest BCUT2D eigenvalue weighted by Gasteiger charge is 2.32. The summed E-state index contributed by atoms with van der Waals surface area (Å²) in [6.07, 6.45) is 1.73. The number of ether oxygens (including phenoxy) is 1. The summed E-state index contributed by atoms with van der Waals surface area (Å²) in [5, 5.41) is 19.5. The lowest BCUT2D eigenvalue weighted by molar-refractivity contribution is 0.101. The van der Waals surface area contributed by atoms with E-state index < -0.39 is 0 Å². The number of ketones is 1. The molecule has 6 heteroatoms. The number of allylic oxidation sites excluding steroid dienone is 1. The normalized spacial score (nSPS) is 19.0. The fourth-order valence-corrected chi connectivity index (χ4v) is 3.69. The molecule has 0 saturated carbocycles. The minimum Gasteiger partial charge on any atom is -0.507 e. The number of aromatic hydroxyl groups is 1. The second kappa shape index (κ2) is 8.14. The number of fused-ring (bicyclic) bond motifs is 1. The smallest absolute Gasteiger partial charge is 0.231 e. The third-order valence-electron chi connectivity index (χ3n) is 5.28. The van der Waals surface area contributed by atoms with E-state index >= 15 is 0 Å². The zero-order chi connectivity index (χ0) is 19.5. The van der Waals surface area contributed by atoms with Crippen LogP contribution in [0.15, 0.2) is 48.2 Å². The third kappa shape index (κ3) is 3.80. The zero-order valence-electron chi connectivity index (χ0n) is 15.7. The van der Waals surface area contributed by atoms with Crippen LogP contribution in [0.25, 0.3) is 6.08 Å². The molecule has 0 radical (unpaired) electrons. The largest absolute Gasteiger partial charge is 0.507 e. The first-order valence-electron chi connectivity index (χ1n) is 9.55. The van der Waals surface area contributed by atoms with Gasteiger partial charge in [-0.05, 0) is 23.8 Å². The van der Waals surface area contributed by atoms with Gasteiger partial charge in [-0.15, -0.1) is 0 Å². The average Bonchev–Trinajstić information content (AvgIpc) is 3.02. The molecule has 0 unspecified atom stereocenters. The van der Waals surface area contributed by atoms with E-state index in [2.05, 4.69) is 9.80 Å². The summed E-state index contributed by atoms with van der Waals surface area (Å²) in [7, 11) is 0. The molecule has 6 nitrogen and oxygen atoms in total. The van der Waals surface area contributed by atoms with Crippen LogP contribution in [0.2, 0.25) is 0 Å². The van der Waals surface area contributed by atoms with E-state index in [1.807, 2.05) is 30.3 Å². The predicted molar refractivity (Wildman–Crippen MR) is 106 cm³/mol. The Kier molecular flexibility index (Phi) is 5.43. The van der Waals surface area contributed by atoms with Gasteiger partial charge in [-0.2, -0.15) is 0 Å². The summed E-state index contributed by atoms with van der Waals surface area (Å²) in [5.74, 6) is 0.726. The number of hydrogen-bond donors (Lipinski definition) is 2. The zero-order valence-corrected chi connectivity index (χ0v) is 15.7. The molecule has 2 aliphatic heterocycles. The Balaban J connectivity index is 1.54. The monoisotopic (exact) mass is 380 g/mol. The first-order chi connectivity index (χ1) is 13.7. The molecule has 0 aliphatic carbocycles. The van der Waals surface area contributed by atoms with Gasteiger partial charge in [0.15, 0.2) is 5.76 Å². The number of phenols is 1. The van der Waals surface area contributed by atoms with Gasteiger partial charge >= 0.3 is 0 Å². The van der Waals surface area contributed by atoms with Crippen molar-refractivity contribution in [1.82, 2.24) is 9.80 Å². The van der Waals surface area contributed by atoms with E-state index in [1.54, 1.807) is 18.2 Å². The molecule has 0 spiro atoms. The average molecular weight is 380 g/mol. The number of β-amino-alcohol motifs (C(OH)–C–C–N with tert-alkyl or cyclic N) is 1. The molecule has 2 heterocycles. The Bertz CT molecular complexity index is 887. The molecule has 146 valence electrons. The fourth-order valence-electron chi connectivity index (χ4n) is 3.69. The van der Waals surface area contributed by atoms with Crippen molar-refractivity contribution in [3.05, 3.63) is 64.9 Å². The molecule has 4 rings (SSSR count). The molecule has 0 aromatic heterocycles.